The molecule has 0 saturated heterocycles. The van der Waals surface area contributed by atoms with Crippen molar-refractivity contribution in [2.75, 3.05) is 6.61 Å². The molecule has 2 rings (SSSR count). The largest absolute Gasteiger partial charge is 0.494 e. The van der Waals surface area contributed by atoms with Gasteiger partial charge in [-0.05, 0) is 43.4 Å². The normalized spacial score (nSPS) is 15.0. The molecule has 0 heterocycles. The van der Waals surface area contributed by atoms with E-state index >= 15 is 0 Å². The highest BCUT2D eigenvalue weighted by molar-refractivity contribution is 5.88. The highest BCUT2D eigenvalue weighted by Gasteiger charge is 2.27. The van der Waals surface area contributed by atoms with E-state index < -0.39 is 5.97 Å². The lowest BCUT2D eigenvalue weighted by atomic mass is 10.1. The molecule has 0 aliphatic heterocycles. The summed E-state index contributed by atoms with van der Waals surface area (Å²) < 4.78 is 5.47. The average Bonchev–Trinajstić information content (AvgIpc) is 3.01. The first-order valence-electron chi connectivity index (χ1n) is 5.22. The summed E-state index contributed by atoms with van der Waals surface area (Å²) in [5.74, 6) is 0.410. The number of hydrogen-bond donors (Lipinski definition) is 1. The molecule has 1 aliphatic carbocycles. The Kier molecular flexibility index (Phi) is 2.62. The van der Waals surface area contributed by atoms with Crippen LogP contribution in [0, 0.1) is 0 Å². The summed E-state index contributed by atoms with van der Waals surface area (Å²) in [5.41, 5.74) is 1.45. The van der Waals surface area contributed by atoms with Gasteiger partial charge in [0, 0.05) is 0 Å². The molecule has 0 aromatic heterocycles. The van der Waals surface area contributed by atoms with Crippen LogP contribution in [-0.2, 0) is 0 Å². The van der Waals surface area contributed by atoms with Crippen LogP contribution in [0.15, 0.2) is 18.2 Å². The van der Waals surface area contributed by atoms with E-state index in [1.807, 2.05) is 13.0 Å². The maximum absolute atomic E-state index is 10.8. The smallest absolute Gasteiger partial charge is 0.335 e. The quantitative estimate of drug-likeness (QED) is 0.823. The van der Waals surface area contributed by atoms with Crippen LogP contribution >= 0.6 is 0 Å². The van der Waals surface area contributed by atoms with E-state index in [2.05, 4.69) is 0 Å². The summed E-state index contributed by atoms with van der Waals surface area (Å²) in [7, 11) is 0. The fraction of sp³-hybridized carbons (Fsp3) is 0.417. The fourth-order valence-corrected chi connectivity index (χ4v) is 1.68. The van der Waals surface area contributed by atoms with E-state index in [-0.39, 0.29) is 0 Å². The summed E-state index contributed by atoms with van der Waals surface area (Å²) in [5, 5.41) is 8.87. The Labute approximate surface area is 88.7 Å². The first kappa shape index (κ1) is 10.0. The first-order chi connectivity index (χ1) is 7.22. The van der Waals surface area contributed by atoms with E-state index in [1.54, 1.807) is 12.1 Å². The van der Waals surface area contributed by atoms with Crippen molar-refractivity contribution in [1.29, 1.82) is 0 Å². The Hall–Kier alpha value is -1.51. The van der Waals surface area contributed by atoms with Crippen molar-refractivity contribution in [2.45, 2.75) is 25.7 Å². The molecule has 1 fully saturated rings. The van der Waals surface area contributed by atoms with Crippen molar-refractivity contribution < 1.29 is 14.6 Å². The number of carboxylic acids is 1. The van der Waals surface area contributed by atoms with Gasteiger partial charge in [-0.2, -0.15) is 0 Å². The molecule has 0 spiro atoms. The molecule has 1 aromatic rings. The second-order valence-electron chi connectivity index (χ2n) is 3.77. The van der Waals surface area contributed by atoms with Crippen LogP contribution < -0.4 is 4.74 Å². The van der Waals surface area contributed by atoms with Gasteiger partial charge in [-0.3, -0.25) is 0 Å². The Balaban J connectivity index is 2.34. The van der Waals surface area contributed by atoms with Gasteiger partial charge in [0.1, 0.15) is 5.75 Å². The zero-order valence-electron chi connectivity index (χ0n) is 8.69. The zero-order chi connectivity index (χ0) is 10.8. The van der Waals surface area contributed by atoms with Crippen LogP contribution in [0.1, 0.15) is 41.6 Å². The zero-order valence-corrected chi connectivity index (χ0v) is 8.69. The summed E-state index contributed by atoms with van der Waals surface area (Å²) in [6.45, 7) is 2.48. The Morgan fingerprint density at radius 2 is 2.27 bits per heavy atom. The van der Waals surface area contributed by atoms with Gasteiger partial charge in [-0.1, -0.05) is 6.07 Å². The molecular weight excluding hydrogens is 192 g/mol. The van der Waals surface area contributed by atoms with Gasteiger partial charge in [-0.15, -0.1) is 0 Å². The molecule has 0 bridgehead atoms. The van der Waals surface area contributed by atoms with Crippen molar-refractivity contribution in [1.82, 2.24) is 0 Å². The van der Waals surface area contributed by atoms with E-state index in [4.69, 9.17) is 9.84 Å². The third kappa shape index (κ3) is 2.12. The summed E-state index contributed by atoms with van der Waals surface area (Å²) in [6.07, 6.45) is 2.37. The highest BCUT2D eigenvalue weighted by Crippen LogP contribution is 2.44. The van der Waals surface area contributed by atoms with Crippen molar-refractivity contribution in [3.8, 4) is 5.75 Å². The summed E-state index contributed by atoms with van der Waals surface area (Å²) >= 11 is 0. The number of ether oxygens (including phenoxy) is 1. The van der Waals surface area contributed by atoms with Crippen LogP contribution in [0.4, 0.5) is 0 Å². The number of rotatable bonds is 4. The van der Waals surface area contributed by atoms with Crippen molar-refractivity contribution in [3.05, 3.63) is 29.3 Å². The van der Waals surface area contributed by atoms with E-state index in [9.17, 15) is 4.79 Å². The second kappa shape index (κ2) is 3.93. The molecule has 1 N–H and O–H groups in total. The lowest BCUT2D eigenvalue weighted by Crippen LogP contribution is -2.01. The standard InChI is InChI=1S/C12H14O3/c1-2-15-11-7-9(12(13)14)5-6-10(11)8-3-4-8/h5-8H,2-4H2,1H3,(H,13,14). The predicted molar refractivity (Wildman–Crippen MR) is 56.5 cm³/mol. The first-order valence-corrected chi connectivity index (χ1v) is 5.22. The van der Waals surface area contributed by atoms with Crippen molar-refractivity contribution in [3.63, 3.8) is 0 Å². The molecule has 1 saturated carbocycles. The number of benzene rings is 1. The lowest BCUT2D eigenvalue weighted by molar-refractivity contribution is 0.0696. The molecule has 0 radical (unpaired) electrons. The summed E-state index contributed by atoms with van der Waals surface area (Å²) in [4.78, 5) is 10.8. The number of carboxylic acid groups (broad SMARTS) is 1. The van der Waals surface area contributed by atoms with Crippen LogP contribution in [-0.4, -0.2) is 17.7 Å². The minimum atomic E-state index is -0.904. The van der Waals surface area contributed by atoms with Crippen molar-refractivity contribution >= 4 is 5.97 Å². The van der Waals surface area contributed by atoms with Gasteiger partial charge in [0.25, 0.3) is 0 Å². The molecule has 15 heavy (non-hydrogen) atoms. The minimum absolute atomic E-state index is 0.294. The molecule has 3 heteroatoms. The second-order valence-corrected chi connectivity index (χ2v) is 3.77. The molecule has 80 valence electrons. The molecule has 1 aromatic carbocycles. The minimum Gasteiger partial charge on any atom is -0.494 e. The molecular formula is C12H14O3. The lowest BCUT2D eigenvalue weighted by Gasteiger charge is -2.10. The van der Waals surface area contributed by atoms with Crippen LogP contribution in [0.2, 0.25) is 0 Å². The van der Waals surface area contributed by atoms with Crippen LogP contribution in [0.5, 0.6) is 5.75 Å². The van der Waals surface area contributed by atoms with E-state index in [0.29, 0.717) is 18.1 Å². The number of hydrogen-bond acceptors (Lipinski definition) is 2. The summed E-state index contributed by atoms with van der Waals surface area (Å²) in [6, 6.07) is 5.16. The number of aromatic carboxylic acids is 1. The van der Waals surface area contributed by atoms with Gasteiger partial charge in [0.2, 0.25) is 0 Å². The number of carbonyl (C=O) groups is 1. The SMILES string of the molecule is CCOc1cc(C(=O)O)ccc1C1CC1. The van der Waals surface area contributed by atoms with Gasteiger partial charge < -0.3 is 9.84 Å². The van der Waals surface area contributed by atoms with Gasteiger partial charge >= 0.3 is 5.97 Å². The third-order valence-corrected chi connectivity index (χ3v) is 2.58. The van der Waals surface area contributed by atoms with Gasteiger partial charge in [0.05, 0.1) is 12.2 Å². The average molecular weight is 206 g/mol. The monoisotopic (exact) mass is 206 g/mol. The predicted octanol–water partition coefficient (Wildman–Crippen LogP) is 2.66. The van der Waals surface area contributed by atoms with Gasteiger partial charge in [0.15, 0.2) is 0 Å². The fourth-order valence-electron chi connectivity index (χ4n) is 1.68. The maximum atomic E-state index is 10.8. The molecule has 0 atom stereocenters. The Morgan fingerprint density at radius 3 is 2.80 bits per heavy atom. The third-order valence-electron chi connectivity index (χ3n) is 2.58. The molecule has 3 nitrogen and oxygen atoms in total. The molecule has 0 amide bonds. The molecule has 0 unspecified atom stereocenters. The Bertz CT molecular complexity index is 380. The van der Waals surface area contributed by atoms with Gasteiger partial charge in [-0.25, -0.2) is 4.79 Å². The topological polar surface area (TPSA) is 46.5 Å². The Morgan fingerprint density at radius 1 is 1.53 bits per heavy atom. The van der Waals surface area contributed by atoms with Crippen molar-refractivity contribution in [2.24, 2.45) is 0 Å². The molecule has 1 aliphatic rings. The van der Waals surface area contributed by atoms with Crippen LogP contribution in [0.3, 0.4) is 0 Å². The highest BCUT2D eigenvalue weighted by atomic mass is 16.5. The van der Waals surface area contributed by atoms with Crippen LogP contribution in [0.25, 0.3) is 0 Å². The van der Waals surface area contributed by atoms with E-state index in [1.165, 1.54) is 12.8 Å². The maximum Gasteiger partial charge on any atom is 0.335 e. The van der Waals surface area contributed by atoms with E-state index in [0.717, 1.165) is 11.3 Å².